The standard InChI is InChI=1S/C23H21F3N2O2/c1-2-11-28(14-20(29)27-19-10-9-18(24)22(25)23(19)26)21(30)13-15-7-8-16-5-3-4-6-17(16)12-15/h3-10,12H,2,11,13-14H2,1H3,(H,27,29). The second kappa shape index (κ2) is 9.43. The molecular formula is C23H21F3N2O2. The Kier molecular flexibility index (Phi) is 6.72. The number of anilines is 1. The Morgan fingerprint density at radius 1 is 0.933 bits per heavy atom. The Morgan fingerprint density at radius 2 is 1.67 bits per heavy atom. The van der Waals surface area contributed by atoms with E-state index in [1.807, 2.05) is 49.4 Å². The number of amides is 2. The highest BCUT2D eigenvalue weighted by Crippen LogP contribution is 2.20. The molecule has 0 atom stereocenters. The van der Waals surface area contributed by atoms with E-state index in [0.717, 1.165) is 28.5 Å². The number of hydrogen-bond acceptors (Lipinski definition) is 2. The second-order valence-corrected chi connectivity index (χ2v) is 6.94. The number of rotatable bonds is 7. The van der Waals surface area contributed by atoms with E-state index in [4.69, 9.17) is 0 Å². The summed E-state index contributed by atoms with van der Waals surface area (Å²) in [5, 5.41) is 4.27. The molecular weight excluding hydrogens is 393 g/mol. The van der Waals surface area contributed by atoms with Crippen molar-refractivity contribution in [1.82, 2.24) is 4.90 Å². The van der Waals surface area contributed by atoms with Gasteiger partial charge in [0.05, 0.1) is 18.7 Å². The Labute approximate surface area is 172 Å². The van der Waals surface area contributed by atoms with Gasteiger partial charge in [-0.2, -0.15) is 0 Å². The van der Waals surface area contributed by atoms with Crippen LogP contribution in [0, 0.1) is 17.5 Å². The van der Waals surface area contributed by atoms with E-state index >= 15 is 0 Å². The molecule has 3 rings (SSSR count). The lowest BCUT2D eigenvalue weighted by molar-refractivity contribution is -0.134. The monoisotopic (exact) mass is 414 g/mol. The molecule has 2 amide bonds. The number of nitrogens with one attached hydrogen (secondary N) is 1. The summed E-state index contributed by atoms with van der Waals surface area (Å²) in [6, 6.07) is 15.2. The quantitative estimate of drug-likeness (QED) is 0.571. The molecule has 0 aliphatic heterocycles. The summed E-state index contributed by atoms with van der Waals surface area (Å²) < 4.78 is 40.1. The maximum Gasteiger partial charge on any atom is 0.244 e. The molecule has 0 aliphatic carbocycles. The lowest BCUT2D eigenvalue weighted by atomic mass is 10.0. The molecule has 0 heterocycles. The van der Waals surface area contributed by atoms with Gasteiger partial charge in [-0.1, -0.05) is 49.4 Å². The molecule has 0 saturated carbocycles. The zero-order valence-corrected chi connectivity index (χ0v) is 16.4. The van der Waals surface area contributed by atoms with Gasteiger partial charge in [-0.3, -0.25) is 9.59 Å². The van der Waals surface area contributed by atoms with Crippen LogP contribution in [0.4, 0.5) is 18.9 Å². The highest BCUT2D eigenvalue weighted by Gasteiger charge is 2.20. The molecule has 3 aromatic carbocycles. The molecule has 0 fully saturated rings. The van der Waals surface area contributed by atoms with Crippen molar-refractivity contribution in [2.24, 2.45) is 0 Å². The Balaban J connectivity index is 1.68. The fourth-order valence-electron chi connectivity index (χ4n) is 3.18. The smallest absolute Gasteiger partial charge is 0.244 e. The van der Waals surface area contributed by atoms with Gasteiger partial charge < -0.3 is 10.2 Å². The van der Waals surface area contributed by atoms with Crippen molar-refractivity contribution in [2.45, 2.75) is 19.8 Å². The van der Waals surface area contributed by atoms with Crippen LogP contribution in [0.3, 0.4) is 0 Å². The van der Waals surface area contributed by atoms with Crippen molar-refractivity contribution in [3.05, 3.63) is 77.6 Å². The molecule has 0 radical (unpaired) electrons. The van der Waals surface area contributed by atoms with Gasteiger partial charge in [0.25, 0.3) is 0 Å². The van der Waals surface area contributed by atoms with Crippen molar-refractivity contribution in [3.8, 4) is 0 Å². The third-order valence-electron chi connectivity index (χ3n) is 4.66. The molecule has 4 nitrogen and oxygen atoms in total. The third kappa shape index (κ3) is 4.97. The van der Waals surface area contributed by atoms with E-state index in [1.54, 1.807) is 0 Å². The average molecular weight is 414 g/mol. The van der Waals surface area contributed by atoms with Crippen LogP contribution in [0.5, 0.6) is 0 Å². The van der Waals surface area contributed by atoms with Crippen LogP contribution in [0.2, 0.25) is 0 Å². The SMILES string of the molecule is CCCN(CC(=O)Nc1ccc(F)c(F)c1F)C(=O)Cc1ccc2ccccc2c1. The lowest BCUT2D eigenvalue weighted by Gasteiger charge is -2.22. The number of halogens is 3. The Hall–Kier alpha value is -3.35. The third-order valence-corrected chi connectivity index (χ3v) is 4.66. The number of fused-ring (bicyclic) bond motifs is 1. The van der Waals surface area contributed by atoms with Crippen LogP contribution in [0.25, 0.3) is 10.8 Å². The summed E-state index contributed by atoms with van der Waals surface area (Å²) >= 11 is 0. The van der Waals surface area contributed by atoms with Gasteiger partial charge in [0.2, 0.25) is 11.8 Å². The van der Waals surface area contributed by atoms with Gasteiger partial charge in [-0.05, 0) is 34.9 Å². The van der Waals surface area contributed by atoms with E-state index in [2.05, 4.69) is 5.32 Å². The molecule has 0 unspecified atom stereocenters. The minimum atomic E-state index is -1.66. The van der Waals surface area contributed by atoms with Gasteiger partial charge in [0, 0.05) is 6.54 Å². The molecule has 156 valence electrons. The number of hydrogen-bond donors (Lipinski definition) is 1. The van der Waals surface area contributed by atoms with Crippen molar-refractivity contribution >= 4 is 28.3 Å². The molecule has 0 saturated heterocycles. The van der Waals surface area contributed by atoms with Gasteiger partial charge >= 0.3 is 0 Å². The molecule has 3 aromatic rings. The molecule has 30 heavy (non-hydrogen) atoms. The Morgan fingerprint density at radius 3 is 2.40 bits per heavy atom. The lowest BCUT2D eigenvalue weighted by Crippen LogP contribution is -2.39. The predicted octanol–water partition coefficient (Wildman–Crippen LogP) is 4.68. The van der Waals surface area contributed by atoms with E-state index in [9.17, 15) is 22.8 Å². The first-order valence-corrected chi connectivity index (χ1v) is 9.58. The first-order chi connectivity index (χ1) is 14.4. The molecule has 0 spiro atoms. The second-order valence-electron chi connectivity index (χ2n) is 6.94. The average Bonchev–Trinajstić information content (AvgIpc) is 2.73. The van der Waals surface area contributed by atoms with E-state index < -0.39 is 29.0 Å². The maximum atomic E-state index is 13.8. The maximum absolute atomic E-state index is 13.8. The van der Waals surface area contributed by atoms with E-state index in [0.29, 0.717) is 13.0 Å². The number of benzene rings is 3. The van der Waals surface area contributed by atoms with Gasteiger partial charge in [0.1, 0.15) is 0 Å². The summed E-state index contributed by atoms with van der Waals surface area (Å²) in [4.78, 5) is 26.4. The van der Waals surface area contributed by atoms with Gasteiger partial charge in [-0.15, -0.1) is 0 Å². The van der Waals surface area contributed by atoms with Crippen LogP contribution < -0.4 is 5.32 Å². The zero-order valence-electron chi connectivity index (χ0n) is 16.4. The minimum Gasteiger partial charge on any atom is -0.333 e. The molecule has 0 aromatic heterocycles. The van der Waals surface area contributed by atoms with Crippen LogP contribution in [-0.4, -0.2) is 29.8 Å². The van der Waals surface area contributed by atoms with E-state index in [1.165, 1.54) is 4.90 Å². The highest BCUT2D eigenvalue weighted by molar-refractivity contribution is 5.95. The fraction of sp³-hybridized carbons (Fsp3) is 0.217. The van der Waals surface area contributed by atoms with Crippen LogP contribution in [0.1, 0.15) is 18.9 Å². The van der Waals surface area contributed by atoms with Crippen molar-refractivity contribution < 1.29 is 22.8 Å². The molecule has 0 bridgehead atoms. The summed E-state index contributed by atoms with van der Waals surface area (Å²) in [5.74, 6) is -5.43. The summed E-state index contributed by atoms with van der Waals surface area (Å²) in [5.41, 5.74) is 0.337. The molecule has 7 heteroatoms. The first-order valence-electron chi connectivity index (χ1n) is 9.58. The summed E-state index contributed by atoms with van der Waals surface area (Å²) in [6.45, 7) is 1.88. The zero-order chi connectivity index (χ0) is 21.7. The topological polar surface area (TPSA) is 49.4 Å². The number of carbonyl (C=O) groups is 2. The number of nitrogens with zero attached hydrogens (tertiary/aromatic N) is 1. The minimum absolute atomic E-state index is 0.109. The summed E-state index contributed by atoms with van der Waals surface area (Å²) in [6.07, 6.45) is 0.730. The van der Waals surface area contributed by atoms with Crippen LogP contribution in [0.15, 0.2) is 54.6 Å². The largest absolute Gasteiger partial charge is 0.333 e. The van der Waals surface area contributed by atoms with Crippen molar-refractivity contribution in [3.63, 3.8) is 0 Å². The van der Waals surface area contributed by atoms with Crippen LogP contribution in [-0.2, 0) is 16.0 Å². The number of carbonyl (C=O) groups excluding carboxylic acids is 2. The van der Waals surface area contributed by atoms with E-state index in [-0.39, 0.29) is 18.9 Å². The molecule has 0 aliphatic rings. The summed E-state index contributed by atoms with van der Waals surface area (Å²) in [7, 11) is 0. The highest BCUT2D eigenvalue weighted by atomic mass is 19.2. The fourth-order valence-corrected chi connectivity index (χ4v) is 3.18. The van der Waals surface area contributed by atoms with Crippen molar-refractivity contribution in [2.75, 3.05) is 18.4 Å². The Bertz CT molecular complexity index is 1090. The normalized spacial score (nSPS) is 10.8. The first kappa shape index (κ1) is 21.4. The predicted molar refractivity (Wildman–Crippen MR) is 109 cm³/mol. The molecule has 1 N–H and O–H groups in total. The van der Waals surface area contributed by atoms with Crippen LogP contribution >= 0.6 is 0 Å². The van der Waals surface area contributed by atoms with Gasteiger partial charge in [-0.25, -0.2) is 13.2 Å². The van der Waals surface area contributed by atoms with Crippen molar-refractivity contribution in [1.29, 1.82) is 0 Å². The van der Waals surface area contributed by atoms with Gasteiger partial charge in [0.15, 0.2) is 17.5 Å².